The molecule has 1 rings (SSSR count). The summed E-state index contributed by atoms with van der Waals surface area (Å²) in [6.07, 6.45) is -0.439. The molecule has 0 bridgehead atoms. The van der Waals surface area contributed by atoms with Gasteiger partial charge < -0.3 is 14.9 Å². The number of aliphatic carboxylic acids is 1. The van der Waals surface area contributed by atoms with Crippen molar-refractivity contribution in [2.75, 3.05) is 0 Å². The Morgan fingerprint density at radius 3 is 2.16 bits per heavy atom. The summed E-state index contributed by atoms with van der Waals surface area (Å²) >= 11 is 0. The molecule has 0 spiro atoms. The lowest BCUT2D eigenvalue weighted by Gasteiger charge is -2.27. The third-order valence-corrected chi connectivity index (χ3v) is 3.43. The molecule has 0 amide bonds. The van der Waals surface area contributed by atoms with E-state index in [1.807, 2.05) is 0 Å². The van der Waals surface area contributed by atoms with Gasteiger partial charge in [-0.2, -0.15) is 8.78 Å². The average molecular weight is 295 g/mol. The van der Waals surface area contributed by atoms with E-state index >= 15 is 0 Å². The topological polar surface area (TPSA) is 98.1 Å². The van der Waals surface area contributed by atoms with Gasteiger partial charge in [0.1, 0.15) is 6.04 Å². The van der Waals surface area contributed by atoms with Gasteiger partial charge in [-0.1, -0.05) is 30.3 Å². The SMILES string of the molecule is O=C(O)[C@H](Cc1ccccc1)N(C(F)F)P(=O)(O)O. The predicted molar refractivity (Wildman–Crippen MR) is 61.5 cm³/mol. The molecule has 9 heteroatoms. The highest BCUT2D eigenvalue weighted by Crippen LogP contribution is 2.44. The van der Waals surface area contributed by atoms with Crippen LogP contribution in [0.15, 0.2) is 30.3 Å². The van der Waals surface area contributed by atoms with Crippen LogP contribution in [0.1, 0.15) is 5.56 Å². The minimum Gasteiger partial charge on any atom is -0.480 e. The number of hydrogen-bond donors (Lipinski definition) is 3. The lowest BCUT2D eigenvalue weighted by Crippen LogP contribution is -2.43. The Labute approximate surface area is 107 Å². The van der Waals surface area contributed by atoms with Gasteiger partial charge in [-0.05, 0) is 12.0 Å². The number of rotatable bonds is 6. The molecule has 3 N–H and O–H groups in total. The van der Waals surface area contributed by atoms with Crippen LogP contribution in [0.5, 0.6) is 0 Å². The van der Waals surface area contributed by atoms with Crippen molar-refractivity contribution in [3.63, 3.8) is 0 Å². The smallest absolute Gasteiger partial charge is 0.408 e. The molecule has 0 aromatic heterocycles. The standard InChI is InChI=1S/C10H12F2NO5P/c11-10(12)13(19(16,17)18)8(9(14)15)6-7-4-2-1-3-5-7/h1-5,8,10H,6H2,(H,14,15)(H2,16,17,18)/t8-/m0/s1. The second-order valence-corrected chi connectivity index (χ2v) is 5.20. The predicted octanol–water partition coefficient (Wildman–Crippen LogP) is 1.30. The van der Waals surface area contributed by atoms with Gasteiger partial charge in [0, 0.05) is 0 Å². The fraction of sp³-hybridized carbons (Fsp3) is 0.300. The molecule has 6 nitrogen and oxygen atoms in total. The number of halogens is 2. The van der Waals surface area contributed by atoms with Gasteiger partial charge in [0.15, 0.2) is 0 Å². The molecule has 0 radical (unpaired) electrons. The second kappa shape index (κ2) is 6.21. The number of benzene rings is 1. The Hall–Kier alpha value is -1.34. The van der Waals surface area contributed by atoms with Crippen molar-refractivity contribution in [2.45, 2.75) is 19.0 Å². The maximum absolute atomic E-state index is 12.7. The number of nitrogens with zero attached hydrogens (tertiary/aromatic N) is 1. The van der Waals surface area contributed by atoms with Gasteiger partial charge in [-0.15, -0.1) is 4.67 Å². The minimum atomic E-state index is -5.38. The normalized spacial score (nSPS) is 13.8. The molecule has 0 aliphatic carbocycles. The molecule has 0 fully saturated rings. The van der Waals surface area contributed by atoms with E-state index in [1.165, 1.54) is 12.1 Å². The zero-order valence-electron chi connectivity index (χ0n) is 9.56. The molecule has 0 unspecified atom stereocenters. The first-order chi connectivity index (χ1) is 8.73. The Morgan fingerprint density at radius 1 is 1.26 bits per heavy atom. The molecular formula is C10H12F2NO5P. The van der Waals surface area contributed by atoms with Crippen LogP contribution in [0.25, 0.3) is 0 Å². The van der Waals surface area contributed by atoms with Crippen LogP contribution in [0.3, 0.4) is 0 Å². The third kappa shape index (κ3) is 4.36. The molecule has 19 heavy (non-hydrogen) atoms. The molecule has 0 aliphatic rings. The average Bonchev–Trinajstić information content (AvgIpc) is 2.27. The van der Waals surface area contributed by atoms with E-state index in [9.17, 15) is 18.1 Å². The van der Waals surface area contributed by atoms with Gasteiger partial charge in [0.25, 0.3) is 0 Å². The van der Waals surface area contributed by atoms with Gasteiger partial charge in [-0.3, -0.25) is 4.79 Å². The fourth-order valence-corrected chi connectivity index (χ4v) is 2.33. The lowest BCUT2D eigenvalue weighted by atomic mass is 10.1. The van der Waals surface area contributed by atoms with Crippen molar-refractivity contribution in [1.82, 2.24) is 4.67 Å². The van der Waals surface area contributed by atoms with E-state index in [0.717, 1.165) is 0 Å². The van der Waals surface area contributed by atoms with Gasteiger partial charge in [0.2, 0.25) is 0 Å². The van der Waals surface area contributed by atoms with Crippen molar-refractivity contribution in [3.8, 4) is 0 Å². The molecule has 0 aliphatic heterocycles. The van der Waals surface area contributed by atoms with Gasteiger partial charge in [0.05, 0.1) is 0 Å². The zero-order chi connectivity index (χ0) is 14.6. The van der Waals surface area contributed by atoms with E-state index < -0.39 is 37.4 Å². The molecular weight excluding hydrogens is 283 g/mol. The monoisotopic (exact) mass is 295 g/mol. The van der Waals surface area contributed by atoms with E-state index in [2.05, 4.69) is 0 Å². The highest BCUT2D eigenvalue weighted by Gasteiger charge is 2.43. The Morgan fingerprint density at radius 2 is 1.79 bits per heavy atom. The van der Waals surface area contributed by atoms with E-state index in [-0.39, 0.29) is 0 Å². The number of carbonyl (C=O) groups is 1. The molecule has 0 heterocycles. The lowest BCUT2D eigenvalue weighted by molar-refractivity contribution is -0.146. The molecule has 0 saturated heterocycles. The van der Waals surface area contributed by atoms with Crippen LogP contribution in [-0.2, 0) is 15.8 Å². The van der Waals surface area contributed by atoms with Crippen LogP contribution in [0.2, 0.25) is 0 Å². The molecule has 106 valence electrons. The van der Waals surface area contributed by atoms with E-state index in [0.29, 0.717) is 5.56 Å². The van der Waals surface area contributed by atoms with Crippen molar-refractivity contribution >= 4 is 13.7 Å². The summed E-state index contributed by atoms with van der Waals surface area (Å²) in [4.78, 5) is 28.7. The summed E-state index contributed by atoms with van der Waals surface area (Å²) < 4.78 is 35.7. The third-order valence-electron chi connectivity index (χ3n) is 2.38. The van der Waals surface area contributed by atoms with Crippen LogP contribution < -0.4 is 0 Å². The summed E-state index contributed by atoms with van der Waals surface area (Å²) in [5.74, 6) is -1.73. The first-order valence-electron chi connectivity index (χ1n) is 5.12. The van der Waals surface area contributed by atoms with Crippen LogP contribution in [-0.4, -0.2) is 38.1 Å². The van der Waals surface area contributed by atoms with Crippen molar-refractivity contribution in [3.05, 3.63) is 35.9 Å². The number of carboxylic acid groups (broad SMARTS) is 1. The number of hydrogen-bond acceptors (Lipinski definition) is 2. The van der Waals surface area contributed by atoms with Gasteiger partial charge in [-0.25, -0.2) is 4.57 Å². The number of alkyl halides is 2. The van der Waals surface area contributed by atoms with Crippen LogP contribution in [0.4, 0.5) is 8.78 Å². The largest absolute Gasteiger partial charge is 0.480 e. The Kier molecular flexibility index (Phi) is 5.13. The zero-order valence-corrected chi connectivity index (χ0v) is 10.5. The minimum absolute atomic E-state index is 0.383. The summed E-state index contributed by atoms with van der Waals surface area (Å²) in [5.41, 5.74) is 0.383. The highest BCUT2D eigenvalue weighted by molar-refractivity contribution is 7.49. The van der Waals surface area contributed by atoms with Crippen LogP contribution >= 0.6 is 7.75 Å². The first kappa shape index (κ1) is 15.7. The Bertz CT molecular complexity index is 478. The van der Waals surface area contributed by atoms with E-state index in [4.69, 9.17) is 14.9 Å². The maximum Gasteiger partial charge on any atom is 0.408 e. The quantitative estimate of drug-likeness (QED) is 0.540. The fourth-order valence-electron chi connectivity index (χ4n) is 1.56. The van der Waals surface area contributed by atoms with Crippen molar-refractivity contribution < 1.29 is 33.0 Å². The summed E-state index contributed by atoms with van der Waals surface area (Å²) in [7, 11) is -5.38. The molecule has 1 atom stereocenters. The summed E-state index contributed by atoms with van der Waals surface area (Å²) in [6.45, 7) is -3.58. The molecule has 1 aromatic carbocycles. The van der Waals surface area contributed by atoms with Gasteiger partial charge >= 0.3 is 20.3 Å². The van der Waals surface area contributed by atoms with Crippen LogP contribution in [0, 0.1) is 0 Å². The van der Waals surface area contributed by atoms with Crippen molar-refractivity contribution in [1.29, 1.82) is 0 Å². The second-order valence-electron chi connectivity index (χ2n) is 3.71. The summed E-state index contributed by atoms with van der Waals surface area (Å²) in [6, 6.07) is 5.74. The summed E-state index contributed by atoms with van der Waals surface area (Å²) in [5, 5.41) is 8.90. The molecule has 0 saturated carbocycles. The maximum atomic E-state index is 12.7. The number of carboxylic acids is 1. The first-order valence-corrected chi connectivity index (χ1v) is 6.69. The molecule has 1 aromatic rings. The Balaban J connectivity index is 3.06. The van der Waals surface area contributed by atoms with E-state index in [1.54, 1.807) is 18.2 Å². The highest BCUT2D eigenvalue weighted by atomic mass is 31.2. The van der Waals surface area contributed by atoms with Crippen molar-refractivity contribution in [2.24, 2.45) is 0 Å².